The van der Waals surface area contributed by atoms with Crippen molar-refractivity contribution in [1.29, 1.82) is 5.26 Å². The molecule has 2 atom stereocenters. The van der Waals surface area contributed by atoms with Crippen LogP contribution in [-0.2, 0) is 16.0 Å². The summed E-state index contributed by atoms with van der Waals surface area (Å²) in [6.45, 7) is 2.55. The van der Waals surface area contributed by atoms with Gasteiger partial charge in [0.15, 0.2) is 10.9 Å². The van der Waals surface area contributed by atoms with Crippen LogP contribution in [0.3, 0.4) is 0 Å². The van der Waals surface area contributed by atoms with Crippen LogP contribution < -0.4 is 10.2 Å². The number of halogens is 1. The minimum Gasteiger partial charge on any atom is -0.480 e. The van der Waals surface area contributed by atoms with Gasteiger partial charge in [-0.1, -0.05) is 35.7 Å². The third kappa shape index (κ3) is 5.40. The van der Waals surface area contributed by atoms with Gasteiger partial charge in [-0.05, 0) is 50.6 Å². The topological polar surface area (TPSA) is 143 Å². The third-order valence-electron chi connectivity index (χ3n) is 7.89. The van der Waals surface area contributed by atoms with Crippen molar-refractivity contribution in [3.8, 4) is 17.3 Å². The van der Waals surface area contributed by atoms with Crippen LogP contribution in [-0.4, -0.2) is 86.3 Å². The Labute approximate surface area is 260 Å². The van der Waals surface area contributed by atoms with Gasteiger partial charge in [0.2, 0.25) is 10.9 Å². The number of fused-ring (bicyclic) bond motifs is 2. The van der Waals surface area contributed by atoms with Gasteiger partial charge in [0.05, 0.1) is 24.3 Å². The molecule has 228 valence electrons. The molecule has 0 aliphatic carbocycles. The summed E-state index contributed by atoms with van der Waals surface area (Å²) < 4.78 is 15.4. The quantitative estimate of drug-likeness (QED) is 0.264. The first-order valence-corrected chi connectivity index (χ1v) is 15.8. The zero-order chi connectivity index (χ0) is 31.1. The van der Waals surface area contributed by atoms with E-state index in [0.717, 1.165) is 40.9 Å². The number of benzene rings is 1. The van der Waals surface area contributed by atoms with Crippen LogP contribution in [0.25, 0.3) is 16.2 Å². The summed E-state index contributed by atoms with van der Waals surface area (Å²) in [4.78, 5) is 40.2. The summed E-state index contributed by atoms with van der Waals surface area (Å²) in [5.41, 5.74) is 3.20. The van der Waals surface area contributed by atoms with Crippen molar-refractivity contribution >= 4 is 50.5 Å². The van der Waals surface area contributed by atoms with Crippen molar-refractivity contribution in [3.05, 3.63) is 57.4 Å². The minimum atomic E-state index is -1.08. The van der Waals surface area contributed by atoms with Gasteiger partial charge >= 0.3 is 5.97 Å². The normalized spacial score (nSPS) is 17.6. The lowest BCUT2D eigenvalue weighted by molar-refractivity contribution is -0.138. The van der Waals surface area contributed by atoms with Crippen molar-refractivity contribution in [2.45, 2.75) is 38.3 Å². The van der Waals surface area contributed by atoms with E-state index in [4.69, 9.17) is 20.2 Å². The Morgan fingerprint density at radius 3 is 2.70 bits per heavy atom. The number of carboxylic acid groups (broad SMARTS) is 1. The lowest BCUT2D eigenvalue weighted by Crippen LogP contribution is -2.46. The molecule has 0 radical (unpaired) electrons. The number of carboxylic acids is 1. The fourth-order valence-electron chi connectivity index (χ4n) is 5.86. The first-order valence-electron chi connectivity index (χ1n) is 14.1. The molecule has 15 heteroatoms. The van der Waals surface area contributed by atoms with E-state index in [9.17, 15) is 19.2 Å². The van der Waals surface area contributed by atoms with Gasteiger partial charge in [-0.3, -0.25) is 14.5 Å². The fraction of sp³-hybridized carbons (Fsp3) is 0.379. The number of nitrogens with one attached hydrogen (secondary N) is 1. The van der Waals surface area contributed by atoms with E-state index >= 15 is 0 Å². The van der Waals surface area contributed by atoms with Crippen molar-refractivity contribution < 1.29 is 19.1 Å². The Morgan fingerprint density at radius 1 is 1.23 bits per heavy atom. The number of hydrogen-bond acceptors (Lipinski definition) is 11. The molecule has 44 heavy (non-hydrogen) atoms. The molecule has 12 nitrogen and oxygen atoms in total. The van der Waals surface area contributed by atoms with Crippen molar-refractivity contribution in [2.24, 2.45) is 0 Å². The maximum Gasteiger partial charge on any atom is 0.322 e. The molecule has 0 saturated carbocycles. The summed E-state index contributed by atoms with van der Waals surface area (Å²) in [7, 11) is 3.76. The molecular weight excluding hydrogens is 606 g/mol. The number of aliphatic carboxylic acids is 1. The maximum atomic E-state index is 13.5. The van der Waals surface area contributed by atoms with Gasteiger partial charge in [-0.2, -0.15) is 14.9 Å². The summed E-state index contributed by atoms with van der Waals surface area (Å²) in [6.07, 6.45) is 4.51. The van der Waals surface area contributed by atoms with E-state index in [1.54, 1.807) is 12.1 Å². The largest absolute Gasteiger partial charge is 0.480 e. The Bertz CT molecular complexity index is 1810. The van der Waals surface area contributed by atoms with Gasteiger partial charge < -0.3 is 20.2 Å². The number of thiazole rings is 1. The number of aryl methyl sites for hydroxylation is 1. The minimum absolute atomic E-state index is 0.0251. The molecule has 1 fully saturated rings. The predicted molar refractivity (Wildman–Crippen MR) is 164 cm³/mol. The number of amides is 1. The molecular formula is C29H30FN9O3S2. The van der Waals surface area contributed by atoms with E-state index < -0.39 is 12.5 Å². The first kappa shape index (κ1) is 29.7. The summed E-state index contributed by atoms with van der Waals surface area (Å²) in [5, 5.41) is 27.7. The SMILES string of the molecule is CCc1nc2sc(C3CC(N(C)CC(=O)NCC(=O)O)N4CCC=C34)nn2c1N(C)c1nc(-c2ccc(F)cc2)c(C#N)s1. The number of carbonyl (C=O) groups excluding carboxylic acids is 1. The second-order valence-electron chi connectivity index (χ2n) is 10.7. The molecule has 2 aliphatic rings. The van der Waals surface area contributed by atoms with Crippen molar-refractivity contribution in [3.63, 3.8) is 0 Å². The molecule has 2 N–H and O–H groups in total. The number of aromatic nitrogens is 4. The molecule has 2 unspecified atom stereocenters. The van der Waals surface area contributed by atoms with E-state index in [-0.39, 0.29) is 30.4 Å². The summed E-state index contributed by atoms with van der Waals surface area (Å²) in [5.74, 6) is -0.971. The Kier molecular flexibility index (Phi) is 8.06. The van der Waals surface area contributed by atoms with Crippen molar-refractivity contribution in [2.75, 3.05) is 38.6 Å². The van der Waals surface area contributed by atoms with Crippen LogP contribution in [0.15, 0.2) is 36.0 Å². The molecule has 3 aromatic heterocycles. The number of rotatable bonds is 10. The summed E-state index contributed by atoms with van der Waals surface area (Å²) >= 11 is 2.79. The van der Waals surface area contributed by atoms with Crippen LogP contribution in [0.2, 0.25) is 0 Å². The summed E-state index contributed by atoms with van der Waals surface area (Å²) in [6, 6.07) is 8.17. The average molecular weight is 636 g/mol. The van der Waals surface area contributed by atoms with Crippen LogP contribution >= 0.6 is 22.7 Å². The Morgan fingerprint density at radius 2 is 2.00 bits per heavy atom. The van der Waals surface area contributed by atoms with E-state index in [2.05, 4.69) is 22.4 Å². The number of carbonyl (C=O) groups is 2. The lowest BCUT2D eigenvalue weighted by atomic mass is 10.1. The van der Waals surface area contributed by atoms with E-state index in [1.165, 1.54) is 40.5 Å². The highest BCUT2D eigenvalue weighted by molar-refractivity contribution is 7.17. The van der Waals surface area contributed by atoms with Crippen LogP contribution in [0.1, 0.15) is 41.3 Å². The molecule has 1 aromatic carbocycles. The van der Waals surface area contributed by atoms with E-state index in [1.807, 2.05) is 35.3 Å². The molecule has 5 heterocycles. The number of likely N-dealkylation sites (N-methyl/N-ethyl adjacent to an activating group) is 1. The first-order chi connectivity index (χ1) is 21.2. The van der Waals surface area contributed by atoms with Gasteiger partial charge in [-0.15, -0.1) is 0 Å². The van der Waals surface area contributed by atoms with Gasteiger partial charge in [0, 0.05) is 24.9 Å². The highest BCUT2D eigenvalue weighted by Crippen LogP contribution is 2.46. The van der Waals surface area contributed by atoms with E-state index in [0.29, 0.717) is 27.7 Å². The van der Waals surface area contributed by atoms with Crippen LogP contribution in [0.5, 0.6) is 0 Å². The third-order valence-corrected chi connectivity index (χ3v) is 9.95. The van der Waals surface area contributed by atoms with Crippen molar-refractivity contribution in [1.82, 2.24) is 34.7 Å². The molecule has 0 spiro atoms. The second kappa shape index (κ2) is 11.9. The predicted octanol–water partition coefficient (Wildman–Crippen LogP) is 3.79. The number of anilines is 2. The zero-order valence-electron chi connectivity index (χ0n) is 24.3. The Hall–Kier alpha value is -4.39. The Balaban J connectivity index is 1.29. The molecule has 1 amide bonds. The van der Waals surface area contributed by atoms with Crippen LogP contribution in [0, 0.1) is 17.1 Å². The lowest BCUT2D eigenvalue weighted by Gasteiger charge is -2.31. The molecule has 2 aliphatic heterocycles. The molecule has 1 saturated heterocycles. The standard InChI is InChI=1S/C29H30FN9O3S2/c1-4-19-27(37(3)28-34-25(21(13-31)43-28)16-7-9-17(30)10-8-16)39-29(33-19)44-26(35-39)18-12-23(38-11-5-6-20(18)38)36(2)15-22(40)32-14-24(41)42/h6-10,18,23H,4-5,11-12,14-15H2,1-3H3,(H,32,40)(H,41,42). The monoisotopic (exact) mass is 635 g/mol. The maximum absolute atomic E-state index is 13.5. The number of allylic oxidation sites excluding steroid dienone is 1. The smallest absolute Gasteiger partial charge is 0.322 e. The van der Waals surface area contributed by atoms with Crippen LogP contribution in [0.4, 0.5) is 15.3 Å². The highest BCUT2D eigenvalue weighted by Gasteiger charge is 2.42. The zero-order valence-corrected chi connectivity index (χ0v) is 26.0. The number of imidazole rings is 1. The molecule has 6 rings (SSSR count). The van der Waals surface area contributed by atoms with Gasteiger partial charge in [-0.25, -0.2) is 14.4 Å². The molecule has 4 aromatic rings. The number of nitrogens with zero attached hydrogens (tertiary/aromatic N) is 8. The van der Waals surface area contributed by atoms with Gasteiger partial charge in [0.1, 0.15) is 34.0 Å². The fourth-order valence-corrected chi connectivity index (χ4v) is 7.74. The highest BCUT2D eigenvalue weighted by atomic mass is 32.1. The van der Waals surface area contributed by atoms with Gasteiger partial charge in [0.25, 0.3) is 0 Å². The average Bonchev–Trinajstić information content (AvgIpc) is 3.81. The molecule has 0 bridgehead atoms. The number of hydrogen-bond donors (Lipinski definition) is 2. The number of nitriles is 1. The second-order valence-corrected chi connectivity index (χ2v) is 12.7.